The number of carbonyl (C=O) groups is 1. The molecule has 0 aromatic heterocycles. The third-order valence-corrected chi connectivity index (χ3v) is 2.71. The van der Waals surface area contributed by atoms with Crippen LogP contribution in [-0.2, 0) is 0 Å². The van der Waals surface area contributed by atoms with Gasteiger partial charge in [0.2, 0.25) is 5.96 Å². The lowest BCUT2D eigenvalue weighted by Crippen LogP contribution is -2.39. The van der Waals surface area contributed by atoms with Crippen LogP contribution in [0.25, 0.3) is 0 Å². The molecular formula is C8H8BrClN4O. The quantitative estimate of drug-likeness (QED) is 0.543. The van der Waals surface area contributed by atoms with Crippen molar-refractivity contribution in [3.8, 4) is 0 Å². The highest BCUT2D eigenvalue weighted by Gasteiger charge is 2.03. The second-order valence-corrected chi connectivity index (χ2v) is 3.79. The number of nitrogens with one attached hydrogen (secondary N) is 1. The SMILES string of the molecule is NC(=O)NC(N)=Nc1cccc(Br)c1Cl. The number of nitrogens with zero attached hydrogens (tertiary/aromatic N) is 1. The second kappa shape index (κ2) is 4.99. The van der Waals surface area contributed by atoms with Gasteiger partial charge in [0.25, 0.3) is 0 Å². The second-order valence-electron chi connectivity index (χ2n) is 2.56. The molecule has 0 spiro atoms. The molecule has 0 unspecified atom stereocenters. The Bertz CT molecular complexity index is 421. The fraction of sp³-hybridized carbons (Fsp3) is 0. The van der Waals surface area contributed by atoms with E-state index in [0.29, 0.717) is 15.2 Å². The van der Waals surface area contributed by atoms with Crippen molar-refractivity contribution in [2.75, 3.05) is 0 Å². The number of guanidine groups is 1. The summed E-state index contributed by atoms with van der Waals surface area (Å²) in [5.74, 6) is -0.109. The highest BCUT2D eigenvalue weighted by Crippen LogP contribution is 2.31. The minimum Gasteiger partial charge on any atom is -0.369 e. The first kappa shape index (κ1) is 11.8. The molecule has 0 bridgehead atoms. The lowest BCUT2D eigenvalue weighted by atomic mass is 10.3. The van der Waals surface area contributed by atoms with Crippen LogP contribution in [0.3, 0.4) is 0 Å². The Morgan fingerprint density at radius 1 is 1.47 bits per heavy atom. The summed E-state index contributed by atoms with van der Waals surface area (Å²) in [5, 5.41) is 2.54. The van der Waals surface area contributed by atoms with Crippen LogP contribution in [-0.4, -0.2) is 12.0 Å². The van der Waals surface area contributed by atoms with Gasteiger partial charge in [0.05, 0.1) is 10.7 Å². The molecule has 0 heterocycles. The number of rotatable bonds is 1. The van der Waals surface area contributed by atoms with Gasteiger partial charge in [-0.25, -0.2) is 9.79 Å². The fourth-order valence-electron chi connectivity index (χ4n) is 0.863. The zero-order chi connectivity index (χ0) is 11.4. The summed E-state index contributed by atoms with van der Waals surface area (Å²) >= 11 is 9.15. The number of primary amides is 1. The molecule has 0 atom stereocenters. The van der Waals surface area contributed by atoms with E-state index in [1.165, 1.54) is 0 Å². The van der Waals surface area contributed by atoms with Gasteiger partial charge in [-0.05, 0) is 28.1 Å². The van der Waals surface area contributed by atoms with Crippen molar-refractivity contribution in [3.05, 3.63) is 27.7 Å². The molecule has 1 aromatic rings. The highest BCUT2D eigenvalue weighted by molar-refractivity contribution is 9.10. The zero-order valence-electron chi connectivity index (χ0n) is 7.50. The lowest BCUT2D eigenvalue weighted by molar-refractivity contribution is 0.253. The first-order valence-corrected chi connectivity index (χ1v) is 5.02. The van der Waals surface area contributed by atoms with Gasteiger partial charge in [0.1, 0.15) is 0 Å². The van der Waals surface area contributed by atoms with Crippen LogP contribution in [0.15, 0.2) is 27.7 Å². The molecule has 1 rings (SSSR count). The first-order valence-electron chi connectivity index (χ1n) is 3.85. The molecule has 7 heteroatoms. The molecule has 0 aliphatic heterocycles. The van der Waals surface area contributed by atoms with Crippen molar-refractivity contribution in [1.29, 1.82) is 0 Å². The minimum absolute atomic E-state index is 0.109. The van der Waals surface area contributed by atoms with Crippen molar-refractivity contribution < 1.29 is 4.79 Å². The Labute approximate surface area is 99.6 Å². The number of hydrogen-bond acceptors (Lipinski definition) is 2. The summed E-state index contributed by atoms with van der Waals surface area (Å²) in [4.78, 5) is 14.3. The van der Waals surface area contributed by atoms with Crippen molar-refractivity contribution in [1.82, 2.24) is 5.32 Å². The average Bonchev–Trinajstić information content (AvgIpc) is 2.11. The normalized spacial score (nSPS) is 11.2. The largest absolute Gasteiger partial charge is 0.369 e. The monoisotopic (exact) mass is 290 g/mol. The Hall–Kier alpha value is -1.27. The number of hydrogen-bond donors (Lipinski definition) is 3. The maximum atomic E-state index is 10.5. The van der Waals surface area contributed by atoms with Gasteiger partial charge in [0, 0.05) is 4.47 Å². The van der Waals surface area contributed by atoms with Crippen molar-refractivity contribution >= 4 is 45.2 Å². The average molecular weight is 292 g/mol. The fourth-order valence-corrected chi connectivity index (χ4v) is 1.39. The van der Waals surface area contributed by atoms with Crippen molar-refractivity contribution in [2.24, 2.45) is 16.5 Å². The van der Waals surface area contributed by atoms with Crippen LogP contribution >= 0.6 is 27.5 Å². The minimum atomic E-state index is -0.776. The number of urea groups is 1. The van der Waals surface area contributed by atoms with Gasteiger partial charge in [-0.1, -0.05) is 17.7 Å². The first-order chi connectivity index (χ1) is 7.00. The molecule has 2 amide bonds. The third-order valence-electron chi connectivity index (χ3n) is 1.42. The summed E-state index contributed by atoms with van der Waals surface area (Å²) in [7, 11) is 0. The van der Waals surface area contributed by atoms with Gasteiger partial charge in [-0.2, -0.15) is 0 Å². The molecule has 0 saturated carbocycles. The molecule has 5 N–H and O–H groups in total. The summed E-state index contributed by atoms with van der Waals surface area (Å²) in [6.07, 6.45) is 0. The highest BCUT2D eigenvalue weighted by atomic mass is 79.9. The Morgan fingerprint density at radius 2 is 2.13 bits per heavy atom. The van der Waals surface area contributed by atoms with Crippen LogP contribution in [0.1, 0.15) is 0 Å². The van der Waals surface area contributed by atoms with Crippen LogP contribution in [0.4, 0.5) is 10.5 Å². The molecule has 0 fully saturated rings. The maximum Gasteiger partial charge on any atom is 0.318 e. The Balaban J connectivity index is 2.97. The summed E-state index contributed by atoms with van der Waals surface area (Å²) in [6, 6.07) is 4.39. The molecule has 0 saturated heterocycles. The van der Waals surface area contributed by atoms with Crippen LogP contribution < -0.4 is 16.8 Å². The van der Waals surface area contributed by atoms with E-state index in [2.05, 4.69) is 26.2 Å². The van der Waals surface area contributed by atoms with Gasteiger partial charge in [-0.15, -0.1) is 0 Å². The molecule has 0 radical (unpaired) electrons. The number of aliphatic imine (C=N–C) groups is 1. The van der Waals surface area contributed by atoms with Crippen LogP contribution in [0, 0.1) is 0 Å². The molecular weight excluding hydrogens is 283 g/mol. The Morgan fingerprint density at radius 3 is 2.73 bits per heavy atom. The van der Waals surface area contributed by atoms with E-state index in [0.717, 1.165) is 0 Å². The Kier molecular flexibility index (Phi) is 3.93. The molecule has 15 heavy (non-hydrogen) atoms. The smallest absolute Gasteiger partial charge is 0.318 e. The summed E-state index contributed by atoms with van der Waals surface area (Å²) < 4.78 is 0.692. The predicted octanol–water partition coefficient (Wildman–Crippen LogP) is 1.72. The van der Waals surface area contributed by atoms with Gasteiger partial charge in [-0.3, -0.25) is 5.32 Å². The number of nitrogens with two attached hydrogens (primary N) is 2. The topological polar surface area (TPSA) is 93.5 Å². The molecule has 0 aliphatic carbocycles. The summed E-state index contributed by atoms with van der Waals surface area (Å²) in [5.41, 5.74) is 10.7. The van der Waals surface area contributed by atoms with Crippen LogP contribution in [0.5, 0.6) is 0 Å². The van der Waals surface area contributed by atoms with Crippen molar-refractivity contribution in [3.63, 3.8) is 0 Å². The standard InChI is InChI=1S/C8H8BrClN4O/c9-4-2-1-3-5(6(4)10)13-7(11)14-8(12)15/h1-3H,(H5,11,12,13,14,15). The zero-order valence-corrected chi connectivity index (χ0v) is 9.84. The van der Waals surface area contributed by atoms with Crippen molar-refractivity contribution in [2.45, 2.75) is 0 Å². The third kappa shape index (κ3) is 3.41. The van der Waals surface area contributed by atoms with E-state index in [1.54, 1.807) is 18.2 Å². The van der Waals surface area contributed by atoms with Crippen LogP contribution in [0.2, 0.25) is 5.02 Å². The van der Waals surface area contributed by atoms with E-state index in [1.807, 2.05) is 0 Å². The number of carbonyl (C=O) groups excluding carboxylic acids is 1. The van der Waals surface area contributed by atoms with Gasteiger partial charge < -0.3 is 11.5 Å². The predicted molar refractivity (Wildman–Crippen MR) is 63.2 cm³/mol. The molecule has 0 aliphatic rings. The summed E-state index contributed by atoms with van der Waals surface area (Å²) in [6.45, 7) is 0. The number of halogens is 2. The number of benzene rings is 1. The lowest BCUT2D eigenvalue weighted by Gasteiger charge is -2.03. The van der Waals surface area contributed by atoms with Gasteiger partial charge >= 0.3 is 6.03 Å². The van der Waals surface area contributed by atoms with E-state index < -0.39 is 6.03 Å². The van der Waals surface area contributed by atoms with E-state index in [-0.39, 0.29) is 5.96 Å². The van der Waals surface area contributed by atoms with E-state index >= 15 is 0 Å². The molecule has 80 valence electrons. The molecule has 5 nitrogen and oxygen atoms in total. The van der Waals surface area contributed by atoms with E-state index in [4.69, 9.17) is 23.1 Å². The molecule has 1 aromatic carbocycles. The van der Waals surface area contributed by atoms with Gasteiger partial charge in [0.15, 0.2) is 0 Å². The van der Waals surface area contributed by atoms with E-state index in [9.17, 15) is 4.79 Å². The number of amides is 2. The maximum absolute atomic E-state index is 10.5.